The average molecular weight is 294 g/mol. The van der Waals surface area contributed by atoms with Crippen LogP contribution in [0.25, 0.3) is 10.9 Å². The minimum Gasteiger partial charge on any atom is -0.383 e. The highest BCUT2D eigenvalue weighted by Crippen LogP contribution is 2.38. The molecule has 2 heterocycles. The van der Waals surface area contributed by atoms with Crippen LogP contribution in [0.1, 0.15) is 55.2 Å². The van der Waals surface area contributed by atoms with Crippen LogP contribution >= 0.6 is 0 Å². The second-order valence-electron chi connectivity index (χ2n) is 6.32. The minimum absolute atomic E-state index is 0.365. The molecule has 0 unspecified atom stereocenters. The van der Waals surface area contributed by atoms with Gasteiger partial charge in [0.05, 0.1) is 11.1 Å². The molecule has 1 aliphatic heterocycles. The maximum absolute atomic E-state index is 9.63. The van der Waals surface area contributed by atoms with Gasteiger partial charge < -0.3 is 11.1 Å². The normalized spacial score (nSPS) is 16.1. The summed E-state index contributed by atoms with van der Waals surface area (Å²) in [6, 6.07) is 8.49. The van der Waals surface area contributed by atoms with E-state index in [9.17, 15) is 5.26 Å². The van der Waals surface area contributed by atoms with Crippen molar-refractivity contribution in [3.63, 3.8) is 0 Å². The molecule has 3 N–H and O–H groups in total. The summed E-state index contributed by atoms with van der Waals surface area (Å²) in [4.78, 5) is 4.48. The Balaban J connectivity index is 2.36. The largest absolute Gasteiger partial charge is 0.383 e. The molecule has 4 heteroatoms. The fourth-order valence-electron chi connectivity index (χ4n) is 3.51. The standard InChI is InChI=1S/C18H22N4/c1-11(2)13-4-3-5-15-17(13)16(12-6-8-21-9-7-12)14(10-19)18(20)22-15/h3-5,11-12,21H,6-9H2,1-2H3,(H2,20,22). The molecule has 114 valence electrons. The molecule has 1 saturated heterocycles. The van der Waals surface area contributed by atoms with Crippen molar-refractivity contribution in [2.45, 2.75) is 38.5 Å². The molecule has 0 atom stereocenters. The van der Waals surface area contributed by atoms with Crippen molar-refractivity contribution in [2.24, 2.45) is 0 Å². The van der Waals surface area contributed by atoms with E-state index in [4.69, 9.17) is 5.73 Å². The molecule has 0 radical (unpaired) electrons. The van der Waals surface area contributed by atoms with Crippen LogP contribution in [0.4, 0.5) is 5.82 Å². The second kappa shape index (κ2) is 5.94. The molecule has 0 aliphatic carbocycles. The zero-order chi connectivity index (χ0) is 15.7. The van der Waals surface area contributed by atoms with Crippen LogP contribution in [0.2, 0.25) is 0 Å². The number of nitrogens with one attached hydrogen (secondary N) is 1. The first kappa shape index (κ1) is 14.8. The molecule has 1 aromatic carbocycles. The molecule has 1 fully saturated rings. The van der Waals surface area contributed by atoms with Crippen molar-refractivity contribution < 1.29 is 0 Å². The number of nitriles is 1. The predicted molar refractivity (Wildman–Crippen MR) is 89.8 cm³/mol. The van der Waals surface area contributed by atoms with E-state index in [2.05, 4.69) is 36.3 Å². The van der Waals surface area contributed by atoms with Gasteiger partial charge in [-0.15, -0.1) is 0 Å². The van der Waals surface area contributed by atoms with Gasteiger partial charge >= 0.3 is 0 Å². The molecule has 3 rings (SSSR count). The van der Waals surface area contributed by atoms with E-state index < -0.39 is 0 Å². The maximum atomic E-state index is 9.63. The summed E-state index contributed by atoms with van der Waals surface area (Å²) in [5.41, 5.74) is 9.95. The number of nitrogen functional groups attached to an aromatic ring is 1. The van der Waals surface area contributed by atoms with E-state index >= 15 is 0 Å². The van der Waals surface area contributed by atoms with Crippen molar-refractivity contribution in [2.75, 3.05) is 18.8 Å². The van der Waals surface area contributed by atoms with Crippen LogP contribution in [0, 0.1) is 11.3 Å². The molecule has 0 spiro atoms. The highest BCUT2D eigenvalue weighted by Gasteiger charge is 2.25. The number of fused-ring (bicyclic) bond motifs is 1. The Kier molecular flexibility index (Phi) is 4.00. The molecule has 2 aromatic rings. The summed E-state index contributed by atoms with van der Waals surface area (Å²) in [5.74, 6) is 1.13. The van der Waals surface area contributed by atoms with E-state index in [-0.39, 0.29) is 0 Å². The number of rotatable bonds is 2. The first-order valence-corrected chi connectivity index (χ1v) is 7.96. The minimum atomic E-state index is 0.365. The van der Waals surface area contributed by atoms with Crippen LogP contribution < -0.4 is 11.1 Å². The maximum Gasteiger partial charge on any atom is 0.142 e. The Morgan fingerprint density at radius 2 is 2.05 bits per heavy atom. The van der Waals surface area contributed by atoms with E-state index in [1.807, 2.05) is 12.1 Å². The fraction of sp³-hybridized carbons (Fsp3) is 0.444. The summed E-state index contributed by atoms with van der Waals surface area (Å²) < 4.78 is 0. The lowest BCUT2D eigenvalue weighted by molar-refractivity contribution is 0.461. The third-order valence-corrected chi connectivity index (χ3v) is 4.59. The summed E-state index contributed by atoms with van der Waals surface area (Å²) in [7, 11) is 0. The van der Waals surface area contributed by atoms with Crippen molar-refractivity contribution in [3.8, 4) is 6.07 Å². The SMILES string of the molecule is CC(C)c1cccc2nc(N)c(C#N)c(C3CCNCC3)c12. The predicted octanol–water partition coefficient (Wildman–Crippen LogP) is 3.28. The van der Waals surface area contributed by atoms with Gasteiger partial charge in [-0.25, -0.2) is 4.98 Å². The van der Waals surface area contributed by atoms with Crippen LogP contribution in [0.15, 0.2) is 18.2 Å². The summed E-state index contributed by atoms with van der Waals surface area (Å²) in [6.07, 6.45) is 2.08. The Labute approximate surface area is 131 Å². The topological polar surface area (TPSA) is 74.7 Å². The smallest absolute Gasteiger partial charge is 0.142 e. The van der Waals surface area contributed by atoms with Crippen LogP contribution in [0.3, 0.4) is 0 Å². The van der Waals surface area contributed by atoms with E-state index in [0.29, 0.717) is 23.2 Å². The molecular formula is C18H22N4. The van der Waals surface area contributed by atoms with Crippen molar-refractivity contribution in [1.82, 2.24) is 10.3 Å². The van der Waals surface area contributed by atoms with Crippen LogP contribution in [-0.4, -0.2) is 18.1 Å². The van der Waals surface area contributed by atoms with Crippen molar-refractivity contribution >= 4 is 16.7 Å². The number of pyridine rings is 1. The molecular weight excluding hydrogens is 272 g/mol. The Hall–Kier alpha value is -2.12. The lowest BCUT2D eigenvalue weighted by atomic mass is 9.82. The zero-order valence-corrected chi connectivity index (χ0v) is 13.2. The number of nitrogens with zero attached hydrogens (tertiary/aromatic N) is 2. The lowest BCUT2D eigenvalue weighted by Gasteiger charge is -2.27. The highest BCUT2D eigenvalue weighted by molar-refractivity contribution is 5.90. The van der Waals surface area contributed by atoms with Gasteiger partial charge in [0, 0.05) is 5.39 Å². The van der Waals surface area contributed by atoms with Crippen LogP contribution in [0.5, 0.6) is 0 Å². The lowest BCUT2D eigenvalue weighted by Crippen LogP contribution is -2.27. The van der Waals surface area contributed by atoms with Gasteiger partial charge in [0.2, 0.25) is 0 Å². The molecule has 4 nitrogen and oxygen atoms in total. The summed E-state index contributed by atoms with van der Waals surface area (Å²) >= 11 is 0. The summed E-state index contributed by atoms with van der Waals surface area (Å²) in [6.45, 7) is 6.35. The van der Waals surface area contributed by atoms with E-state index in [0.717, 1.165) is 42.4 Å². The van der Waals surface area contributed by atoms with Gasteiger partial charge in [-0.05, 0) is 55.0 Å². The van der Waals surface area contributed by atoms with Crippen LogP contribution in [-0.2, 0) is 0 Å². The van der Waals surface area contributed by atoms with Gasteiger partial charge in [0.1, 0.15) is 11.9 Å². The van der Waals surface area contributed by atoms with Gasteiger partial charge in [0.15, 0.2) is 0 Å². The van der Waals surface area contributed by atoms with E-state index in [1.54, 1.807) is 0 Å². The van der Waals surface area contributed by atoms with Gasteiger partial charge in [-0.3, -0.25) is 0 Å². The van der Waals surface area contributed by atoms with Crippen molar-refractivity contribution in [3.05, 3.63) is 34.9 Å². The van der Waals surface area contributed by atoms with Gasteiger partial charge in [-0.2, -0.15) is 5.26 Å². The average Bonchev–Trinajstić information content (AvgIpc) is 2.53. The third kappa shape index (κ3) is 2.42. The Morgan fingerprint density at radius 1 is 1.32 bits per heavy atom. The van der Waals surface area contributed by atoms with Gasteiger partial charge in [-0.1, -0.05) is 26.0 Å². The Morgan fingerprint density at radius 3 is 2.68 bits per heavy atom. The number of hydrogen-bond acceptors (Lipinski definition) is 4. The molecule has 0 amide bonds. The quantitative estimate of drug-likeness (QED) is 0.891. The first-order valence-electron chi connectivity index (χ1n) is 7.96. The second-order valence-corrected chi connectivity index (χ2v) is 6.32. The molecule has 22 heavy (non-hydrogen) atoms. The number of nitrogens with two attached hydrogens (primary N) is 1. The number of aromatic nitrogens is 1. The van der Waals surface area contributed by atoms with E-state index in [1.165, 1.54) is 5.56 Å². The number of benzene rings is 1. The van der Waals surface area contributed by atoms with Gasteiger partial charge in [0.25, 0.3) is 0 Å². The summed E-state index contributed by atoms with van der Waals surface area (Å²) in [5, 5.41) is 14.2. The zero-order valence-electron chi connectivity index (χ0n) is 13.2. The van der Waals surface area contributed by atoms with Crippen molar-refractivity contribution in [1.29, 1.82) is 5.26 Å². The molecule has 0 saturated carbocycles. The Bertz CT molecular complexity index is 737. The first-order chi connectivity index (χ1) is 10.6. The monoisotopic (exact) mass is 294 g/mol. The fourth-order valence-corrected chi connectivity index (χ4v) is 3.51. The number of hydrogen-bond donors (Lipinski definition) is 2. The third-order valence-electron chi connectivity index (χ3n) is 4.59. The molecule has 1 aliphatic rings. The highest BCUT2D eigenvalue weighted by atomic mass is 14.9. The molecule has 0 bridgehead atoms. The molecule has 1 aromatic heterocycles. The number of piperidine rings is 1. The number of anilines is 1.